The van der Waals surface area contributed by atoms with E-state index >= 15 is 0 Å². The summed E-state index contributed by atoms with van der Waals surface area (Å²) in [7, 11) is 0. The van der Waals surface area contributed by atoms with Crippen molar-refractivity contribution in [1.29, 1.82) is 5.41 Å². The minimum absolute atomic E-state index is 0.0571. The Hall–Kier alpha value is -2.12. The van der Waals surface area contributed by atoms with Crippen molar-refractivity contribution in [3.63, 3.8) is 0 Å². The normalized spacial score (nSPS) is 22.1. The standard InChI is InChI=1S/C16H14ClN5OS/c17-11-5-3-10(4-6-11)9-12-13(18)22-15(19-14(12)23)24-16(20-22)21-7-1-2-8-21/h3-6,9,18H,1-2,7-8H2/b12-9+,18-13?. The Bertz CT molecular complexity index is 808. The van der Waals surface area contributed by atoms with E-state index in [0.29, 0.717) is 10.2 Å². The second-order valence-corrected chi connectivity index (χ2v) is 7.02. The second kappa shape index (κ2) is 6.07. The van der Waals surface area contributed by atoms with Crippen molar-refractivity contribution >= 4 is 51.5 Å². The van der Waals surface area contributed by atoms with E-state index in [1.165, 1.54) is 16.8 Å². The van der Waals surface area contributed by atoms with Gasteiger partial charge in [0, 0.05) is 18.1 Å². The quantitative estimate of drug-likeness (QED) is 0.782. The Morgan fingerprint density at radius 3 is 2.58 bits per heavy atom. The van der Waals surface area contributed by atoms with Crippen molar-refractivity contribution in [2.75, 3.05) is 13.1 Å². The van der Waals surface area contributed by atoms with Crippen LogP contribution in [0.25, 0.3) is 6.08 Å². The maximum atomic E-state index is 12.3. The average molecular weight is 360 g/mol. The van der Waals surface area contributed by atoms with Gasteiger partial charge in [0.15, 0.2) is 11.0 Å². The van der Waals surface area contributed by atoms with Gasteiger partial charge < -0.3 is 4.90 Å². The van der Waals surface area contributed by atoms with Crippen LogP contribution in [0.3, 0.4) is 0 Å². The molecule has 0 saturated carbocycles. The summed E-state index contributed by atoms with van der Waals surface area (Å²) in [5, 5.41) is 16.2. The fourth-order valence-electron chi connectivity index (χ4n) is 2.74. The van der Waals surface area contributed by atoms with Gasteiger partial charge in [-0.05, 0) is 48.4 Å². The molecule has 1 fully saturated rings. The number of amides is 1. The Labute approximate surface area is 148 Å². The Morgan fingerprint density at radius 2 is 1.88 bits per heavy atom. The lowest BCUT2D eigenvalue weighted by Crippen LogP contribution is -2.35. The smallest absolute Gasteiger partial charge is 0.283 e. The van der Waals surface area contributed by atoms with Gasteiger partial charge in [-0.15, -0.1) is 5.10 Å². The van der Waals surface area contributed by atoms with E-state index in [1.54, 1.807) is 30.3 Å². The number of amidine groups is 3. The Morgan fingerprint density at radius 1 is 1.17 bits per heavy atom. The van der Waals surface area contributed by atoms with Crippen LogP contribution in [0.2, 0.25) is 5.02 Å². The number of hydrogen-bond acceptors (Lipinski definition) is 5. The molecule has 0 bridgehead atoms. The van der Waals surface area contributed by atoms with Crippen LogP contribution in [0.15, 0.2) is 39.9 Å². The monoisotopic (exact) mass is 359 g/mol. The second-order valence-electron chi connectivity index (χ2n) is 5.65. The summed E-state index contributed by atoms with van der Waals surface area (Å²) in [6, 6.07) is 7.09. The first kappa shape index (κ1) is 15.4. The molecule has 0 atom stereocenters. The molecule has 6 nitrogen and oxygen atoms in total. The number of hydrazone groups is 1. The first-order chi connectivity index (χ1) is 11.6. The molecule has 4 rings (SSSR count). The lowest BCUT2D eigenvalue weighted by molar-refractivity contribution is -0.114. The number of fused-ring (bicyclic) bond motifs is 1. The number of likely N-dealkylation sites (tertiary alicyclic amines) is 1. The molecule has 122 valence electrons. The summed E-state index contributed by atoms with van der Waals surface area (Å²) >= 11 is 7.23. The largest absolute Gasteiger partial charge is 0.349 e. The molecular weight excluding hydrogens is 346 g/mol. The number of carbonyl (C=O) groups excluding carboxylic acids is 1. The Kier molecular flexibility index (Phi) is 3.90. The van der Waals surface area contributed by atoms with Gasteiger partial charge in [-0.2, -0.15) is 10.0 Å². The average Bonchev–Trinajstić information content (AvgIpc) is 3.22. The minimum Gasteiger partial charge on any atom is -0.349 e. The number of carbonyl (C=O) groups is 1. The van der Waals surface area contributed by atoms with Crippen LogP contribution in [-0.2, 0) is 4.79 Å². The highest BCUT2D eigenvalue weighted by Crippen LogP contribution is 2.30. The number of aliphatic imine (C=N–C) groups is 1. The van der Waals surface area contributed by atoms with Gasteiger partial charge in [0.05, 0.1) is 5.57 Å². The van der Waals surface area contributed by atoms with E-state index in [-0.39, 0.29) is 11.4 Å². The molecule has 3 aliphatic heterocycles. The third-order valence-electron chi connectivity index (χ3n) is 4.00. The molecule has 3 heterocycles. The minimum atomic E-state index is -0.411. The molecule has 24 heavy (non-hydrogen) atoms. The van der Waals surface area contributed by atoms with Gasteiger partial charge in [0.25, 0.3) is 5.91 Å². The van der Waals surface area contributed by atoms with Crippen LogP contribution in [0, 0.1) is 5.41 Å². The molecule has 1 saturated heterocycles. The Balaban J connectivity index is 1.64. The van der Waals surface area contributed by atoms with Crippen LogP contribution in [0.1, 0.15) is 18.4 Å². The molecule has 1 N–H and O–H groups in total. The molecule has 0 spiro atoms. The number of rotatable bonds is 1. The molecule has 0 aliphatic carbocycles. The lowest BCUT2D eigenvalue weighted by atomic mass is 10.1. The summed E-state index contributed by atoms with van der Waals surface area (Å²) in [6.07, 6.45) is 3.93. The molecule has 3 aliphatic rings. The van der Waals surface area contributed by atoms with Crippen LogP contribution < -0.4 is 0 Å². The number of halogens is 1. The van der Waals surface area contributed by atoms with Crippen molar-refractivity contribution in [1.82, 2.24) is 9.91 Å². The van der Waals surface area contributed by atoms with E-state index in [2.05, 4.69) is 15.0 Å². The predicted molar refractivity (Wildman–Crippen MR) is 97.3 cm³/mol. The zero-order valence-corrected chi connectivity index (χ0v) is 14.3. The van der Waals surface area contributed by atoms with Gasteiger partial charge >= 0.3 is 0 Å². The first-order valence-electron chi connectivity index (χ1n) is 7.62. The van der Waals surface area contributed by atoms with Crippen molar-refractivity contribution in [2.45, 2.75) is 12.8 Å². The van der Waals surface area contributed by atoms with Gasteiger partial charge in [0.1, 0.15) is 0 Å². The highest BCUT2D eigenvalue weighted by Gasteiger charge is 2.37. The van der Waals surface area contributed by atoms with E-state index < -0.39 is 5.91 Å². The van der Waals surface area contributed by atoms with Crippen LogP contribution in [-0.4, -0.2) is 45.1 Å². The first-order valence-corrected chi connectivity index (χ1v) is 8.82. The fourth-order valence-corrected chi connectivity index (χ4v) is 3.81. The zero-order chi connectivity index (χ0) is 16.7. The molecule has 0 radical (unpaired) electrons. The molecule has 1 amide bonds. The van der Waals surface area contributed by atoms with Crippen LogP contribution in [0.4, 0.5) is 0 Å². The highest BCUT2D eigenvalue weighted by molar-refractivity contribution is 8.26. The van der Waals surface area contributed by atoms with E-state index in [9.17, 15) is 4.79 Å². The van der Waals surface area contributed by atoms with Crippen molar-refractivity contribution in [3.8, 4) is 0 Å². The highest BCUT2D eigenvalue weighted by atomic mass is 35.5. The number of benzene rings is 1. The number of nitrogens with one attached hydrogen (secondary N) is 1. The molecule has 1 aromatic carbocycles. The van der Waals surface area contributed by atoms with Crippen molar-refractivity contribution in [2.24, 2.45) is 10.1 Å². The summed E-state index contributed by atoms with van der Waals surface area (Å²) in [4.78, 5) is 18.6. The summed E-state index contributed by atoms with van der Waals surface area (Å²) < 4.78 is 0. The third kappa shape index (κ3) is 2.74. The lowest BCUT2D eigenvalue weighted by Gasteiger charge is -2.19. The van der Waals surface area contributed by atoms with Crippen molar-refractivity contribution < 1.29 is 4.79 Å². The van der Waals surface area contributed by atoms with E-state index in [1.807, 2.05) is 0 Å². The molecule has 0 aromatic heterocycles. The molecule has 0 unspecified atom stereocenters. The molecule has 8 heteroatoms. The van der Waals surface area contributed by atoms with Gasteiger partial charge in [-0.25, -0.2) is 0 Å². The topological polar surface area (TPSA) is 72.1 Å². The SMILES string of the molecule is N=C1/C(=C\c2ccc(Cl)cc2)C(=O)N=C2SC(N3CCCC3)=NN12. The van der Waals surface area contributed by atoms with Gasteiger partial charge in [-0.3, -0.25) is 10.2 Å². The molecular formula is C16H14ClN5OS. The maximum Gasteiger partial charge on any atom is 0.283 e. The summed E-state index contributed by atoms with van der Waals surface area (Å²) in [6.45, 7) is 1.92. The van der Waals surface area contributed by atoms with Crippen molar-refractivity contribution in [3.05, 3.63) is 40.4 Å². The molecule has 1 aromatic rings. The van der Waals surface area contributed by atoms with Gasteiger partial charge in [-0.1, -0.05) is 23.7 Å². The number of nitrogens with zero attached hydrogens (tertiary/aromatic N) is 4. The number of hydrogen-bond donors (Lipinski definition) is 1. The van der Waals surface area contributed by atoms with Gasteiger partial charge in [0.2, 0.25) is 5.17 Å². The van der Waals surface area contributed by atoms with Crippen LogP contribution in [0.5, 0.6) is 0 Å². The maximum absolute atomic E-state index is 12.3. The van der Waals surface area contributed by atoms with E-state index in [0.717, 1.165) is 36.7 Å². The number of thioether (sulfide) groups is 1. The zero-order valence-electron chi connectivity index (χ0n) is 12.7. The fraction of sp³-hybridized carbons (Fsp3) is 0.250. The third-order valence-corrected chi connectivity index (χ3v) is 5.22. The predicted octanol–water partition coefficient (Wildman–Crippen LogP) is 3.01. The van der Waals surface area contributed by atoms with E-state index in [4.69, 9.17) is 17.0 Å². The summed E-state index contributed by atoms with van der Waals surface area (Å²) in [5.74, 6) is -0.354. The summed E-state index contributed by atoms with van der Waals surface area (Å²) in [5.41, 5.74) is 1.02. The van der Waals surface area contributed by atoms with Crippen LogP contribution >= 0.6 is 23.4 Å².